The van der Waals surface area contributed by atoms with Gasteiger partial charge in [-0.15, -0.1) is 0 Å². The molecule has 1 unspecified atom stereocenters. The standard InChI is InChI=1S/C25H29N3O6S/c1-17(29)28-11-3-4-19-13-21(7-8-22(19)28)35(31,32)27-10-2-5-20(15-27)25(30)26-14-18-6-9-23-24(12-18)34-16-33-23/h6-9,12-13,20H,2-5,10-11,14-16H2,1H3,(H,26,30). The van der Waals surface area contributed by atoms with Gasteiger partial charge >= 0.3 is 0 Å². The van der Waals surface area contributed by atoms with Crippen LogP contribution in [0.3, 0.4) is 0 Å². The molecule has 2 aromatic rings. The number of rotatable bonds is 5. The summed E-state index contributed by atoms with van der Waals surface area (Å²) in [5.41, 5.74) is 2.53. The van der Waals surface area contributed by atoms with Crippen molar-refractivity contribution in [3.05, 3.63) is 47.5 Å². The van der Waals surface area contributed by atoms with Crippen molar-refractivity contribution in [3.8, 4) is 11.5 Å². The summed E-state index contributed by atoms with van der Waals surface area (Å²) >= 11 is 0. The third-order valence-corrected chi connectivity index (χ3v) is 8.71. The number of carbonyl (C=O) groups excluding carboxylic acids is 2. The maximum absolute atomic E-state index is 13.4. The van der Waals surface area contributed by atoms with Gasteiger partial charge in [-0.2, -0.15) is 4.31 Å². The predicted octanol–water partition coefficient (Wildman–Crippen LogP) is 2.43. The zero-order chi connectivity index (χ0) is 24.6. The third-order valence-electron chi connectivity index (χ3n) is 6.85. The van der Waals surface area contributed by atoms with Crippen LogP contribution in [0, 0.1) is 5.92 Å². The van der Waals surface area contributed by atoms with Gasteiger partial charge in [-0.25, -0.2) is 8.42 Å². The maximum atomic E-state index is 13.4. The van der Waals surface area contributed by atoms with Crippen LogP contribution in [-0.4, -0.2) is 51.0 Å². The highest BCUT2D eigenvalue weighted by Gasteiger charge is 2.34. The van der Waals surface area contributed by atoms with Gasteiger partial charge in [0.25, 0.3) is 0 Å². The Labute approximate surface area is 205 Å². The number of amides is 2. The Morgan fingerprint density at radius 3 is 2.71 bits per heavy atom. The van der Waals surface area contributed by atoms with E-state index in [4.69, 9.17) is 9.47 Å². The van der Waals surface area contributed by atoms with Crippen LogP contribution in [0.15, 0.2) is 41.3 Å². The molecule has 5 rings (SSSR count). The molecule has 0 radical (unpaired) electrons. The summed E-state index contributed by atoms with van der Waals surface area (Å²) in [6.45, 7) is 3.21. The molecule has 1 saturated heterocycles. The van der Waals surface area contributed by atoms with Crippen LogP contribution in [0.2, 0.25) is 0 Å². The first-order valence-corrected chi connectivity index (χ1v) is 13.3. The van der Waals surface area contributed by atoms with Crippen molar-refractivity contribution in [1.82, 2.24) is 9.62 Å². The van der Waals surface area contributed by atoms with Crippen molar-refractivity contribution in [3.63, 3.8) is 0 Å². The summed E-state index contributed by atoms with van der Waals surface area (Å²) in [5, 5.41) is 2.93. The Bertz CT molecular complexity index is 1260. The van der Waals surface area contributed by atoms with Gasteiger partial charge in [0, 0.05) is 38.8 Å². The van der Waals surface area contributed by atoms with E-state index in [1.165, 1.54) is 11.2 Å². The highest BCUT2D eigenvalue weighted by atomic mass is 32.2. The van der Waals surface area contributed by atoms with E-state index >= 15 is 0 Å². The molecule has 9 nitrogen and oxygen atoms in total. The Morgan fingerprint density at radius 2 is 1.89 bits per heavy atom. The van der Waals surface area contributed by atoms with E-state index in [1.807, 2.05) is 18.2 Å². The predicted molar refractivity (Wildman–Crippen MR) is 129 cm³/mol. The number of nitrogens with one attached hydrogen (secondary N) is 1. The Balaban J connectivity index is 1.26. The zero-order valence-electron chi connectivity index (χ0n) is 19.7. The monoisotopic (exact) mass is 499 g/mol. The van der Waals surface area contributed by atoms with Gasteiger partial charge in [0.1, 0.15) is 0 Å². The highest BCUT2D eigenvalue weighted by molar-refractivity contribution is 7.89. The number of carbonyl (C=O) groups is 2. The van der Waals surface area contributed by atoms with E-state index in [-0.39, 0.29) is 30.0 Å². The molecule has 1 N–H and O–H groups in total. The van der Waals surface area contributed by atoms with E-state index in [9.17, 15) is 18.0 Å². The van der Waals surface area contributed by atoms with Crippen molar-refractivity contribution < 1.29 is 27.5 Å². The fraction of sp³-hybridized carbons (Fsp3) is 0.440. The quantitative estimate of drug-likeness (QED) is 0.678. The van der Waals surface area contributed by atoms with Crippen molar-refractivity contribution in [1.29, 1.82) is 0 Å². The Morgan fingerprint density at radius 1 is 1.06 bits per heavy atom. The number of benzene rings is 2. The number of aryl methyl sites for hydroxylation is 1. The zero-order valence-corrected chi connectivity index (χ0v) is 20.5. The van der Waals surface area contributed by atoms with Gasteiger partial charge in [0.05, 0.1) is 10.8 Å². The minimum atomic E-state index is -3.75. The second-order valence-electron chi connectivity index (χ2n) is 9.17. The van der Waals surface area contributed by atoms with E-state index in [2.05, 4.69) is 5.32 Å². The summed E-state index contributed by atoms with van der Waals surface area (Å²) in [7, 11) is -3.75. The van der Waals surface area contributed by atoms with E-state index in [1.54, 1.807) is 23.1 Å². The van der Waals surface area contributed by atoms with Crippen LogP contribution in [0.4, 0.5) is 5.69 Å². The average Bonchev–Trinajstić information content (AvgIpc) is 3.34. The van der Waals surface area contributed by atoms with Crippen molar-refractivity contribution >= 4 is 27.5 Å². The molecule has 1 atom stereocenters. The number of piperidine rings is 1. The molecule has 0 aromatic heterocycles. The maximum Gasteiger partial charge on any atom is 0.243 e. The van der Waals surface area contributed by atoms with Gasteiger partial charge < -0.3 is 19.7 Å². The molecular weight excluding hydrogens is 470 g/mol. The van der Waals surface area contributed by atoms with Crippen LogP contribution in [0.5, 0.6) is 11.5 Å². The Kier molecular flexibility index (Phi) is 6.41. The van der Waals surface area contributed by atoms with Gasteiger partial charge in [0.2, 0.25) is 28.6 Å². The molecule has 0 spiro atoms. The van der Waals surface area contributed by atoms with Crippen LogP contribution >= 0.6 is 0 Å². The van der Waals surface area contributed by atoms with Gasteiger partial charge in [-0.05, 0) is 67.1 Å². The number of fused-ring (bicyclic) bond motifs is 2. The average molecular weight is 500 g/mol. The lowest BCUT2D eigenvalue weighted by Gasteiger charge is -2.32. The first kappa shape index (κ1) is 23.6. The molecule has 2 aromatic carbocycles. The molecule has 0 bridgehead atoms. The number of ether oxygens (including phenoxy) is 2. The van der Waals surface area contributed by atoms with Gasteiger partial charge in [-0.3, -0.25) is 9.59 Å². The summed E-state index contributed by atoms with van der Waals surface area (Å²) in [6.07, 6.45) is 2.78. The molecule has 0 saturated carbocycles. The molecule has 2 amide bonds. The first-order chi connectivity index (χ1) is 16.8. The molecule has 35 heavy (non-hydrogen) atoms. The molecule has 3 aliphatic heterocycles. The minimum Gasteiger partial charge on any atom is -0.454 e. The van der Waals surface area contributed by atoms with Crippen molar-refractivity contribution in [2.45, 2.75) is 44.0 Å². The molecule has 0 aliphatic carbocycles. The lowest BCUT2D eigenvalue weighted by molar-refractivity contribution is -0.126. The summed E-state index contributed by atoms with van der Waals surface area (Å²) < 4.78 is 39.0. The topological polar surface area (TPSA) is 105 Å². The Hall–Kier alpha value is -3.11. The van der Waals surface area contributed by atoms with E-state index in [0.29, 0.717) is 44.0 Å². The molecular formula is C25H29N3O6S. The molecule has 10 heteroatoms. The van der Waals surface area contributed by atoms with Crippen molar-refractivity contribution in [2.75, 3.05) is 31.3 Å². The second-order valence-corrected chi connectivity index (χ2v) is 11.1. The summed E-state index contributed by atoms with van der Waals surface area (Å²) in [6, 6.07) is 10.5. The molecule has 3 aliphatic rings. The fourth-order valence-corrected chi connectivity index (χ4v) is 6.54. The smallest absolute Gasteiger partial charge is 0.243 e. The fourth-order valence-electron chi connectivity index (χ4n) is 4.97. The molecule has 186 valence electrons. The van der Waals surface area contributed by atoms with Gasteiger partial charge in [-0.1, -0.05) is 6.07 Å². The lowest BCUT2D eigenvalue weighted by Crippen LogP contribution is -2.45. The highest BCUT2D eigenvalue weighted by Crippen LogP contribution is 2.33. The van der Waals surface area contributed by atoms with Gasteiger partial charge in [0.15, 0.2) is 11.5 Å². The van der Waals surface area contributed by atoms with Crippen molar-refractivity contribution in [2.24, 2.45) is 5.92 Å². The second kappa shape index (κ2) is 9.50. The molecule has 3 heterocycles. The largest absolute Gasteiger partial charge is 0.454 e. The van der Waals surface area contributed by atoms with Crippen LogP contribution in [0.25, 0.3) is 0 Å². The number of anilines is 1. The first-order valence-electron chi connectivity index (χ1n) is 11.9. The normalized spacial score (nSPS) is 19.8. The van der Waals surface area contributed by atoms with Crippen LogP contribution < -0.4 is 19.7 Å². The summed E-state index contributed by atoms with van der Waals surface area (Å²) in [4.78, 5) is 26.7. The van der Waals surface area contributed by atoms with E-state index < -0.39 is 15.9 Å². The van der Waals surface area contributed by atoms with Crippen LogP contribution in [0.1, 0.15) is 37.3 Å². The lowest BCUT2D eigenvalue weighted by atomic mass is 9.98. The van der Waals surface area contributed by atoms with E-state index in [0.717, 1.165) is 29.7 Å². The SMILES string of the molecule is CC(=O)N1CCCc2cc(S(=O)(=O)N3CCCC(C(=O)NCc4ccc5c(c4)OCO5)C3)ccc21. The van der Waals surface area contributed by atoms with Crippen LogP contribution in [-0.2, 0) is 32.6 Å². The third kappa shape index (κ3) is 4.72. The minimum absolute atomic E-state index is 0.0489. The summed E-state index contributed by atoms with van der Waals surface area (Å²) in [5.74, 6) is 0.711. The molecule has 1 fully saturated rings. The number of hydrogen-bond donors (Lipinski definition) is 1. The number of hydrogen-bond acceptors (Lipinski definition) is 6. The number of sulfonamides is 1. The number of nitrogens with zero attached hydrogens (tertiary/aromatic N) is 2.